The van der Waals surface area contributed by atoms with E-state index in [1.807, 2.05) is 17.0 Å². The molecule has 0 unspecified atom stereocenters. The molecule has 3 aromatic rings. The van der Waals surface area contributed by atoms with Gasteiger partial charge in [-0.3, -0.25) is 4.79 Å². The van der Waals surface area contributed by atoms with Crippen LogP contribution in [-0.2, 0) is 11.2 Å². The fourth-order valence-electron chi connectivity index (χ4n) is 3.55. The van der Waals surface area contributed by atoms with E-state index in [1.54, 1.807) is 18.3 Å². The zero-order chi connectivity index (χ0) is 18.6. The van der Waals surface area contributed by atoms with E-state index in [4.69, 9.17) is 4.42 Å². The number of oxazole rings is 1. The highest BCUT2D eigenvalue weighted by Gasteiger charge is 2.23. The van der Waals surface area contributed by atoms with Gasteiger partial charge in [-0.2, -0.15) is 0 Å². The Morgan fingerprint density at radius 1 is 1.15 bits per heavy atom. The largest absolute Gasteiger partial charge is 0.441 e. The molecule has 4 rings (SSSR count). The van der Waals surface area contributed by atoms with Crippen LogP contribution in [0.2, 0.25) is 0 Å². The number of carbonyl (C=O) groups is 1. The summed E-state index contributed by atoms with van der Waals surface area (Å²) >= 11 is 0. The van der Waals surface area contributed by atoms with E-state index in [1.165, 1.54) is 12.1 Å². The predicted octanol–water partition coefficient (Wildman–Crippen LogP) is 4.08. The van der Waals surface area contributed by atoms with Gasteiger partial charge in [0, 0.05) is 49.9 Å². The van der Waals surface area contributed by atoms with Gasteiger partial charge in [0.05, 0.1) is 6.20 Å². The molecular formula is C21H22FN3O2. The lowest BCUT2D eigenvalue weighted by Crippen LogP contribution is -2.39. The molecule has 0 saturated carbocycles. The molecule has 2 aromatic heterocycles. The Bertz CT molecular complexity index is 879. The fraction of sp³-hybridized carbons (Fsp3) is 0.333. The van der Waals surface area contributed by atoms with Crippen molar-refractivity contribution >= 4 is 5.91 Å². The molecule has 3 heterocycles. The van der Waals surface area contributed by atoms with Crippen LogP contribution in [-0.4, -0.2) is 33.4 Å². The first-order valence-corrected chi connectivity index (χ1v) is 9.30. The van der Waals surface area contributed by atoms with Crippen molar-refractivity contribution in [2.45, 2.75) is 31.7 Å². The van der Waals surface area contributed by atoms with E-state index in [0.29, 0.717) is 30.5 Å². The molecule has 5 nitrogen and oxygen atoms in total. The van der Waals surface area contributed by atoms with Crippen molar-refractivity contribution < 1.29 is 13.6 Å². The van der Waals surface area contributed by atoms with Gasteiger partial charge in [0.15, 0.2) is 11.7 Å². The standard InChI is InChI=1S/C21H22FN3O2/c22-17-5-3-16(4-6-17)19-15-23-20(27-19)7-8-21(26)25-13-9-18(10-14-25)24-11-1-2-12-24/h1-6,11-12,15,18H,7-10,13-14H2. The lowest BCUT2D eigenvalue weighted by atomic mass is 10.0. The minimum atomic E-state index is -0.287. The van der Waals surface area contributed by atoms with Crippen LogP contribution in [0.15, 0.2) is 59.4 Å². The molecule has 1 aliphatic heterocycles. The summed E-state index contributed by atoms with van der Waals surface area (Å²) in [5, 5.41) is 0. The second-order valence-corrected chi connectivity index (χ2v) is 6.87. The Balaban J connectivity index is 1.28. The molecule has 0 radical (unpaired) electrons. The van der Waals surface area contributed by atoms with E-state index < -0.39 is 0 Å². The van der Waals surface area contributed by atoms with E-state index >= 15 is 0 Å². The van der Waals surface area contributed by atoms with Crippen LogP contribution in [0, 0.1) is 5.82 Å². The Hall–Kier alpha value is -2.89. The summed E-state index contributed by atoms with van der Waals surface area (Å²) in [5.41, 5.74) is 0.772. The maximum Gasteiger partial charge on any atom is 0.223 e. The van der Waals surface area contributed by atoms with Gasteiger partial charge >= 0.3 is 0 Å². The van der Waals surface area contributed by atoms with Gasteiger partial charge in [-0.25, -0.2) is 9.37 Å². The van der Waals surface area contributed by atoms with Crippen LogP contribution in [0.1, 0.15) is 31.2 Å². The van der Waals surface area contributed by atoms with Crippen molar-refractivity contribution in [3.8, 4) is 11.3 Å². The minimum Gasteiger partial charge on any atom is -0.441 e. The first-order valence-electron chi connectivity index (χ1n) is 9.30. The smallest absolute Gasteiger partial charge is 0.223 e. The third-order valence-electron chi connectivity index (χ3n) is 5.10. The van der Waals surface area contributed by atoms with Crippen molar-refractivity contribution in [1.82, 2.24) is 14.5 Å². The zero-order valence-electron chi connectivity index (χ0n) is 15.1. The monoisotopic (exact) mass is 367 g/mol. The molecule has 0 spiro atoms. The van der Waals surface area contributed by atoms with E-state index in [-0.39, 0.29) is 11.7 Å². The number of halogens is 1. The van der Waals surface area contributed by atoms with Crippen LogP contribution < -0.4 is 0 Å². The van der Waals surface area contributed by atoms with Gasteiger partial charge in [0.2, 0.25) is 5.91 Å². The van der Waals surface area contributed by atoms with Crippen molar-refractivity contribution in [1.29, 1.82) is 0 Å². The third-order valence-corrected chi connectivity index (χ3v) is 5.10. The average Bonchev–Trinajstić information content (AvgIpc) is 3.39. The molecule has 0 atom stereocenters. The number of amides is 1. The molecule has 1 aliphatic rings. The lowest BCUT2D eigenvalue weighted by molar-refractivity contribution is -0.132. The number of hydrogen-bond donors (Lipinski definition) is 0. The highest BCUT2D eigenvalue weighted by atomic mass is 19.1. The number of hydrogen-bond acceptors (Lipinski definition) is 3. The molecule has 1 amide bonds. The second-order valence-electron chi connectivity index (χ2n) is 6.87. The molecule has 0 N–H and O–H groups in total. The van der Waals surface area contributed by atoms with Gasteiger partial charge in [-0.1, -0.05) is 0 Å². The number of likely N-dealkylation sites (tertiary alicyclic amines) is 1. The van der Waals surface area contributed by atoms with Gasteiger partial charge in [-0.05, 0) is 49.2 Å². The number of carbonyl (C=O) groups excluding carboxylic acids is 1. The summed E-state index contributed by atoms with van der Waals surface area (Å²) in [6.07, 6.45) is 8.61. The molecule has 1 saturated heterocycles. The maximum atomic E-state index is 13.0. The van der Waals surface area contributed by atoms with Crippen LogP contribution in [0.5, 0.6) is 0 Å². The van der Waals surface area contributed by atoms with Crippen LogP contribution in [0.25, 0.3) is 11.3 Å². The van der Waals surface area contributed by atoms with E-state index in [9.17, 15) is 9.18 Å². The topological polar surface area (TPSA) is 51.3 Å². The summed E-state index contributed by atoms with van der Waals surface area (Å²) in [6.45, 7) is 1.57. The first-order chi connectivity index (χ1) is 13.2. The molecule has 6 heteroatoms. The van der Waals surface area contributed by atoms with Gasteiger partial charge < -0.3 is 13.9 Å². The van der Waals surface area contributed by atoms with Crippen molar-refractivity contribution in [2.75, 3.05) is 13.1 Å². The van der Waals surface area contributed by atoms with Gasteiger partial charge in [0.1, 0.15) is 5.82 Å². The number of piperidine rings is 1. The lowest BCUT2D eigenvalue weighted by Gasteiger charge is -2.32. The van der Waals surface area contributed by atoms with Crippen LogP contribution in [0.3, 0.4) is 0 Å². The highest BCUT2D eigenvalue weighted by molar-refractivity contribution is 5.76. The summed E-state index contributed by atoms with van der Waals surface area (Å²) in [6, 6.07) is 10.6. The van der Waals surface area contributed by atoms with Gasteiger partial charge in [-0.15, -0.1) is 0 Å². The summed E-state index contributed by atoms with van der Waals surface area (Å²) < 4.78 is 20.9. The van der Waals surface area contributed by atoms with Crippen molar-refractivity contribution in [3.05, 3.63) is 66.7 Å². The van der Waals surface area contributed by atoms with Crippen molar-refractivity contribution in [2.24, 2.45) is 0 Å². The molecule has 1 fully saturated rings. The zero-order valence-corrected chi connectivity index (χ0v) is 15.1. The molecule has 0 aliphatic carbocycles. The SMILES string of the molecule is O=C(CCc1ncc(-c2ccc(F)cc2)o1)N1CCC(n2cccc2)CC1. The fourth-order valence-corrected chi connectivity index (χ4v) is 3.55. The quantitative estimate of drug-likeness (QED) is 0.683. The van der Waals surface area contributed by atoms with E-state index in [0.717, 1.165) is 31.5 Å². The van der Waals surface area contributed by atoms with Crippen LogP contribution >= 0.6 is 0 Å². The normalized spacial score (nSPS) is 15.2. The summed E-state index contributed by atoms with van der Waals surface area (Å²) in [4.78, 5) is 18.7. The molecule has 27 heavy (non-hydrogen) atoms. The number of nitrogens with zero attached hydrogens (tertiary/aromatic N) is 3. The number of aryl methyl sites for hydroxylation is 1. The average molecular weight is 367 g/mol. The molecule has 0 bridgehead atoms. The summed E-state index contributed by atoms with van der Waals surface area (Å²) in [5.74, 6) is 0.974. The molecule has 1 aromatic carbocycles. The number of aromatic nitrogens is 2. The second kappa shape index (κ2) is 7.78. The summed E-state index contributed by atoms with van der Waals surface area (Å²) in [7, 11) is 0. The third kappa shape index (κ3) is 4.10. The Kier molecular flexibility index (Phi) is 5.05. The first kappa shape index (κ1) is 17.5. The predicted molar refractivity (Wildman–Crippen MR) is 99.5 cm³/mol. The molecular weight excluding hydrogens is 345 g/mol. The van der Waals surface area contributed by atoms with Gasteiger partial charge in [0.25, 0.3) is 0 Å². The van der Waals surface area contributed by atoms with Crippen LogP contribution in [0.4, 0.5) is 4.39 Å². The Labute approximate surface area is 157 Å². The van der Waals surface area contributed by atoms with E-state index in [2.05, 4.69) is 21.9 Å². The number of rotatable bonds is 5. The maximum absolute atomic E-state index is 13.0. The number of benzene rings is 1. The Morgan fingerprint density at radius 3 is 2.56 bits per heavy atom. The van der Waals surface area contributed by atoms with Crippen molar-refractivity contribution in [3.63, 3.8) is 0 Å². The Morgan fingerprint density at radius 2 is 1.85 bits per heavy atom. The minimum absolute atomic E-state index is 0.141. The highest BCUT2D eigenvalue weighted by Crippen LogP contribution is 2.24. The molecule has 140 valence electrons.